The molecule has 0 aromatic heterocycles. The highest BCUT2D eigenvalue weighted by molar-refractivity contribution is 5.53. The van der Waals surface area contributed by atoms with Crippen LogP contribution in [-0.4, -0.2) is 6.54 Å². The van der Waals surface area contributed by atoms with Crippen LogP contribution in [0, 0.1) is 5.92 Å². The average Bonchev–Trinajstić information content (AvgIpc) is 2.23. The molecule has 4 rings (SSSR count). The predicted octanol–water partition coefficient (Wildman–Crippen LogP) is 3.39. The minimum atomic E-state index is 0.829. The number of hydrogen-bond acceptors (Lipinski definition) is 1. The zero-order chi connectivity index (χ0) is 9.38. The Labute approximate surface area is 85.5 Å². The second kappa shape index (κ2) is 3.30. The second-order valence-electron chi connectivity index (χ2n) is 4.69. The molecular weight excluding hydrogens is 170 g/mol. The van der Waals surface area contributed by atoms with E-state index in [4.69, 9.17) is 0 Å². The highest BCUT2D eigenvalue weighted by Crippen LogP contribution is 2.40. The molecule has 0 amide bonds. The SMILES string of the molecule is c1ccc2c(c1)NCC1CCC2CC1. The van der Waals surface area contributed by atoms with Crippen molar-refractivity contribution in [2.45, 2.75) is 31.6 Å². The lowest BCUT2D eigenvalue weighted by atomic mass is 9.77. The van der Waals surface area contributed by atoms with E-state index in [0.29, 0.717) is 0 Å². The van der Waals surface area contributed by atoms with Gasteiger partial charge in [-0.05, 0) is 49.1 Å². The fourth-order valence-corrected chi connectivity index (χ4v) is 2.95. The molecule has 1 aromatic carbocycles. The minimum Gasteiger partial charge on any atom is -0.385 e. The van der Waals surface area contributed by atoms with Crippen LogP contribution in [0.2, 0.25) is 0 Å². The number of nitrogens with one attached hydrogen (secondary N) is 1. The maximum Gasteiger partial charge on any atom is 0.0375 e. The van der Waals surface area contributed by atoms with Gasteiger partial charge in [-0.25, -0.2) is 0 Å². The third kappa shape index (κ3) is 1.31. The van der Waals surface area contributed by atoms with E-state index in [-0.39, 0.29) is 0 Å². The van der Waals surface area contributed by atoms with E-state index in [0.717, 1.165) is 11.8 Å². The van der Waals surface area contributed by atoms with Gasteiger partial charge in [0.05, 0.1) is 0 Å². The van der Waals surface area contributed by atoms with Crippen LogP contribution in [0.5, 0.6) is 0 Å². The molecule has 0 spiro atoms. The molecule has 1 nitrogen and oxygen atoms in total. The van der Waals surface area contributed by atoms with Gasteiger partial charge in [0.2, 0.25) is 0 Å². The molecule has 1 fully saturated rings. The summed E-state index contributed by atoms with van der Waals surface area (Å²) in [4.78, 5) is 0. The summed E-state index contributed by atoms with van der Waals surface area (Å²) in [5, 5.41) is 3.60. The van der Waals surface area contributed by atoms with E-state index < -0.39 is 0 Å². The second-order valence-corrected chi connectivity index (χ2v) is 4.69. The van der Waals surface area contributed by atoms with Crippen molar-refractivity contribution in [3.8, 4) is 0 Å². The van der Waals surface area contributed by atoms with Gasteiger partial charge in [0.1, 0.15) is 0 Å². The molecule has 74 valence electrons. The molecule has 1 saturated carbocycles. The van der Waals surface area contributed by atoms with Crippen molar-refractivity contribution >= 4 is 5.69 Å². The first-order valence-electron chi connectivity index (χ1n) is 5.76. The first-order valence-corrected chi connectivity index (χ1v) is 5.76. The van der Waals surface area contributed by atoms with E-state index in [1.54, 1.807) is 5.56 Å². The van der Waals surface area contributed by atoms with Gasteiger partial charge in [0, 0.05) is 12.2 Å². The summed E-state index contributed by atoms with van der Waals surface area (Å²) in [6.07, 6.45) is 5.66. The van der Waals surface area contributed by atoms with Crippen LogP contribution in [0.25, 0.3) is 0 Å². The summed E-state index contributed by atoms with van der Waals surface area (Å²) in [6, 6.07) is 8.85. The zero-order valence-electron chi connectivity index (χ0n) is 8.50. The van der Waals surface area contributed by atoms with E-state index >= 15 is 0 Å². The Morgan fingerprint density at radius 3 is 2.64 bits per heavy atom. The molecular formula is C13H17N. The normalized spacial score (nSPS) is 30.0. The first kappa shape index (κ1) is 8.34. The molecule has 1 aromatic rings. The Kier molecular flexibility index (Phi) is 1.97. The topological polar surface area (TPSA) is 12.0 Å². The highest BCUT2D eigenvalue weighted by atomic mass is 14.9. The number of hydrogen-bond donors (Lipinski definition) is 1. The molecule has 0 saturated heterocycles. The largest absolute Gasteiger partial charge is 0.385 e. The summed E-state index contributed by atoms with van der Waals surface area (Å²) >= 11 is 0. The lowest BCUT2D eigenvalue weighted by molar-refractivity contribution is 0.332. The van der Waals surface area contributed by atoms with Crippen molar-refractivity contribution in [2.75, 3.05) is 11.9 Å². The number of anilines is 1. The van der Waals surface area contributed by atoms with Crippen LogP contribution in [0.4, 0.5) is 5.69 Å². The van der Waals surface area contributed by atoms with Gasteiger partial charge in [-0.2, -0.15) is 0 Å². The van der Waals surface area contributed by atoms with E-state index in [2.05, 4.69) is 29.6 Å². The lowest BCUT2D eigenvalue weighted by Gasteiger charge is -2.34. The Morgan fingerprint density at radius 1 is 1.00 bits per heavy atom. The van der Waals surface area contributed by atoms with Crippen molar-refractivity contribution in [1.82, 2.24) is 0 Å². The van der Waals surface area contributed by atoms with Crippen LogP contribution < -0.4 is 5.32 Å². The molecule has 0 unspecified atom stereocenters. The molecule has 2 heterocycles. The molecule has 0 radical (unpaired) electrons. The summed E-state index contributed by atoms with van der Waals surface area (Å²) in [7, 11) is 0. The van der Waals surface area contributed by atoms with Gasteiger partial charge in [-0.1, -0.05) is 18.2 Å². The highest BCUT2D eigenvalue weighted by Gasteiger charge is 2.26. The van der Waals surface area contributed by atoms with Crippen molar-refractivity contribution in [2.24, 2.45) is 5.92 Å². The lowest BCUT2D eigenvalue weighted by Crippen LogP contribution is -2.24. The minimum absolute atomic E-state index is 0.829. The average molecular weight is 187 g/mol. The van der Waals surface area contributed by atoms with Crippen LogP contribution in [-0.2, 0) is 0 Å². The Balaban J connectivity index is 2.02. The Hall–Kier alpha value is -0.980. The van der Waals surface area contributed by atoms with Crippen LogP contribution in [0.15, 0.2) is 24.3 Å². The van der Waals surface area contributed by atoms with Gasteiger partial charge < -0.3 is 5.32 Å². The summed E-state index contributed by atoms with van der Waals surface area (Å²) < 4.78 is 0. The fraction of sp³-hybridized carbons (Fsp3) is 0.538. The summed E-state index contributed by atoms with van der Waals surface area (Å²) in [5.74, 6) is 1.76. The van der Waals surface area contributed by atoms with Crippen molar-refractivity contribution in [1.29, 1.82) is 0 Å². The Morgan fingerprint density at radius 2 is 1.79 bits per heavy atom. The van der Waals surface area contributed by atoms with Crippen LogP contribution in [0.3, 0.4) is 0 Å². The number of fused-ring (bicyclic) bond motifs is 3. The van der Waals surface area contributed by atoms with Crippen LogP contribution >= 0.6 is 0 Å². The summed E-state index contributed by atoms with van der Waals surface area (Å²) in [6.45, 7) is 1.18. The van der Waals surface area contributed by atoms with Gasteiger partial charge in [0.15, 0.2) is 0 Å². The monoisotopic (exact) mass is 187 g/mol. The van der Waals surface area contributed by atoms with Gasteiger partial charge in [-0.15, -0.1) is 0 Å². The molecule has 2 bridgehead atoms. The van der Waals surface area contributed by atoms with Crippen LogP contribution in [0.1, 0.15) is 37.2 Å². The van der Waals surface area contributed by atoms with Gasteiger partial charge >= 0.3 is 0 Å². The molecule has 0 atom stereocenters. The van der Waals surface area contributed by atoms with E-state index in [1.807, 2.05) is 0 Å². The predicted molar refractivity (Wildman–Crippen MR) is 59.6 cm³/mol. The Bertz CT molecular complexity index is 324. The molecule has 2 aliphatic heterocycles. The molecule has 3 aliphatic rings. The quantitative estimate of drug-likeness (QED) is 0.656. The van der Waals surface area contributed by atoms with Crippen molar-refractivity contribution < 1.29 is 0 Å². The maximum atomic E-state index is 3.60. The van der Waals surface area contributed by atoms with Gasteiger partial charge in [0.25, 0.3) is 0 Å². The molecule has 14 heavy (non-hydrogen) atoms. The number of para-hydroxylation sites is 1. The smallest absolute Gasteiger partial charge is 0.0375 e. The standard InChI is InChI=1S/C13H17N/c1-2-4-13-12(3-1)11-7-5-10(6-8-11)9-14-13/h1-4,10-11,14H,5-9H2. The number of rotatable bonds is 0. The third-order valence-electron chi connectivity index (χ3n) is 3.83. The first-order chi connectivity index (χ1) is 6.93. The van der Waals surface area contributed by atoms with E-state index in [9.17, 15) is 0 Å². The summed E-state index contributed by atoms with van der Waals surface area (Å²) in [5.41, 5.74) is 2.95. The fourth-order valence-electron chi connectivity index (χ4n) is 2.95. The third-order valence-corrected chi connectivity index (χ3v) is 3.83. The number of benzene rings is 1. The van der Waals surface area contributed by atoms with Crippen molar-refractivity contribution in [3.63, 3.8) is 0 Å². The van der Waals surface area contributed by atoms with Gasteiger partial charge in [-0.3, -0.25) is 0 Å². The van der Waals surface area contributed by atoms with Crippen molar-refractivity contribution in [3.05, 3.63) is 29.8 Å². The molecule has 1 N–H and O–H groups in total. The molecule has 1 aliphatic carbocycles. The van der Waals surface area contributed by atoms with E-state index in [1.165, 1.54) is 37.9 Å². The molecule has 1 heteroatoms. The maximum absolute atomic E-state index is 3.60. The zero-order valence-corrected chi connectivity index (χ0v) is 8.50.